The van der Waals surface area contributed by atoms with E-state index in [1.54, 1.807) is 13.1 Å². The third kappa shape index (κ3) is 2.51. The van der Waals surface area contributed by atoms with Crippen LogP contribution in [0.25, 0.3) is 0 Å². The van der Waals surface area contributed by atoms with Crippen molar-refractivity contribution >= 4 is 15.9 Å². The predicted octanol–water partition coefficient (Wildman–Crippen LogP) is 3.07. The van der Waals surface area contributed by atoms with E-state index in [0.717, 1.165) is 4.47 Å². The van der Waals surface area contributed by atoms with Crippen molar-refractivity contribution in [2.24, 2.45) is 0 Å². The van der Waals surface area contributed by atoms with Gasteiger partial charge in [-0.2, -0.15) is 0 Å². The molecule has 1 aromatic rings. The summed E-state index contributed by atoms with van der Waals surface area (Å²) in [6, 6.07) is 7.20. The molecule has 13 heavy (non-hydrogen) atoms. The monoisotopic (exact) mass is 245 g/mol. The van der Waals surface area contributed by atoms with E-state index in [4.69, 9.17) is 0 Å². The quantitative estimate of drug-likeness (QED) is 0.864. The first-order chi connectivity index (χ1) is 6.16. The summed E-state index contributed by atoms with van der Waals surface area (Å²) in [4.78, 5) is 0. The fraction of sp³-hybridized carbons (Fsp3) is 0.400. The lowest BCUT2D eigenvalue weighted by atomic mass is 10.1. The molecular weight excluding hydrogens is 233 g/mol. The molecule has 0 aliphatic heterocycles. The van der Waals surface area contributed by atoms with Gasteiger partial charge in [0.1, 0.15) is 6.17 Å². The molecule has 0 saturated heterocycles. The molecule has 1 rings (SSSR count). The molecule has 1 N–H and O–H groups in total. The van der Waals surface area contributed by atoms with Gasteiger partial charge in [0, 0.05) is 16.1 Å². The van der Waals surface area contributed by atoms with Crippen molar-refractivity contribution in [3.05, 3.63) is 34.3 Å². The third-order valence-electron chi connectivity index (χ3n) is 2.10. The van der Waals surface area contributed by atoms with Crippen LogP contribution in [0.2, 0.25) is 0 Å². The minimum absolute atomic E-state index is 0.168. The molecule has 3 heteroatoms. The number of hydrogen-bond acceptors (Lipinski definition) is 1. The highest BCUT2D eigenvalue weighted by molar-refractivity contribution is 9.10. The van der Waals surface area contributed by atoms with Gasteiger partial charge < -0.3 is 5.32 Å². The molecule has 0 saturated carbocycles. The molecule has 0 bridgehead atoms. The largest absolute Gasteiger partial charge is 0.314 e. The SMILES string of the molecule is CNC(C)C(F)c1ccccc1Br. The van der Waals surface area contributed by atoms with Gasteiger partial charge in [-0.1, -0.05) is 34.1 Å². The Kier molecular flexibility index (Phi) is 3.88. The van der Waals surface area contributed by atoms with E-state index in [0.29, 0.717) is 5.56 Å². The maximum absolute atomic E-state index is 13.7. The number of benzene rings is 1. The van der Waals surface area contributed by atoms with E-state index in [1.807, 2.05) is 25.1 Å². The van der Waals surface area contributed by atoms with Gasteiger partial charge in [0.15, 0.2) is 0 Å². The van der Waals surface area contributed by atoms with Crippen LogP contribution in [0.5, 0.6) is 0 Å². The summed E-state index contributed by atoms with van der Waals surface area (Å²) in [5.41, 5.74) is 0.698. The van der Waals surface area contributed by atoms with Crippen molar-refractivity contribution in [2.45, 2.75) is 19.1 Å². The van der Waals surface area contributed by atoms with E-state index in [9.17, 15) is 4.39 Å². The Morgan fingerprint density at radius 3 is 2.54 bits per heavy atom. The summed E-state index contributed by atoms with van der Waals surface area (Å²) < 4.78 is 14.5. The topological polar surface area (TPSA) is 12.0 Å². The number of hydrogen-bond donors (Lipinski definition) is 1. The lowest BCUT2D eigenvalue weighted by molar-refractivity contribution is 0.274. The lowest BCUT2D eigenvalue weighted by Crippen LogP contribution is -2.26. The maximum Gasteiger partial charge on any atom is 0.141 e. The van der Waals surface area contributed by atoms with Crippen molar-refractivity contribution in [3.8, 4) is 0 Å². The fourth-order valence-electron chi connectivity index (χ4n) is 1.11. The van der Waals surface area contributed by atoms with Gasteiger partial charge in [-0.25, -0.2) is 4.39 Å². The molecule has 1 aromatic carbocycles. The average Bonchev–Trinajstić information content (AvgIpc) is 2.16. The summed E-state index contributed by atoms with van der Waals surface area (Å²) in [6.07, 6.45) is -0.972. The van der Waals surface area contributed by atoms with Crippen LogP contribution in [0.3, 0.4) is 0 Å². The molecule has 0 aromatic heterocycles. The normalized spacial score (nSPS) is 15.4. The Balaban J connectivity index is 2.88. The Hall–Kier alpha value is -0.410. The molecule has 2 atom stereocenters. The van der Waals surface area contributed by atoms with Crippen molar-refractivity contribution in [3.63, 3.8) is 0 Å². The van der Waals surface area contributed by atoms with Crippen LogP contribution in [0.4, 0.5) is 4.39 Å². The van der Waals surface area contributed by atoms with Crippen molar-refractivity contribution < 1.29 is 4.39 Å². The molecule has 0 amide bonds. The number of likely N-dealkylation sites (N-methyl/N-ethyl adjacent to an activating group) is 1. The molecular formula is C10H13BrFN. The minimum atomic E-state index is -0.972. The van der Waals surface area contributed by atoms with Crippen LogP contribution in [-0.4, -0.2) is 13.1 Å². The number of halogens is 2. The molecule has 0 heterocycles. The van der Waals surface area contributed by atoms with E-state index in [2.05, 4.69) is 21.2 Å². The van der Waals surface area contributed by atoms with Crippen LogP contribution in [0.15, 0.2) is 28.7 Å². The van der Waals surface area contributed by atoms with Gasteiger partial charge in [0.05, 0.1) is 0 Å². The van der Waals surface area contributed by atoms with Gasteiger partial charge in [0.2, 0.25) is 0 Å². The molecule has 0 aliphatic rings. The van der Waals surface area contributed by atoms with E-state index < -0.39 is 6.17 Å². The number of alkyl halides is 1. The zero-order valence-corrected chi connectivity index (χ0v) is 9.31. The van der Waals surface area contributed by atoms with Gasteiger partial charge in [0.25, 0.3) is 0 Å². The van der Waals surface area contributed by atoms with E-state index in [-0.39, 0.29) is 6.04 Å². The summed E-state index contributed by atoms with van der Waals surface area (Å²) in [7, 11) is 1.76. The highest BCUT2D eigenvalue weighted by atomic mass is 79.9. The first-order valence-electron chi connectivity index (χ1n) is 4.22. The van der Waals surface area contributed by atoms with Crippen molar-refractivity contribution in [1.82, 2.24) is 5.32 Å². The summed E-state index contributed by atoms with van der Waals surface area (Å²) >= 11 is 3.33. The van der Waals surface area contributed by atoms with Crippen LogP contribution in [0.1, 0.15) is 18.7 Å². The van der Waals surface area contributed by atoms with Crippen LogP contribution in [-0.2, 0) is 0 Å². The maximum atomic E-state index is 13.7. The van der Waals surface area contributed by atoms with Crippen LogP contribution >= 0.6 is 15.9 Å². The zero-order chi connectivity index (χ0) is 9.84. The third-order valence-corrected chi connectivity index (χ3v) is 2.82. The lowest BCUT2D eigenvalue weighted by Gasteiger charge is -2.17. The predicted molar refractivity (Wildman–Crippen MR) is 56.5 cm³/mol. The molecule has 0 fully saturated rings. The molecule has 72 valence electrons. The molecule has 0 spiro atoms. The van der Waals surface area contributed by atoms with Crippen LogP contribution < -0.4 is 5.32 Å². The Bertz CT molecular complexity index is 277. The smallest absolute Gasteiger partial charge is 0.141 e. The Labute approximate surface area is 86.5 Å². The van der Waals surface area contributed by atoms with Crippen LogP contribution in [0, 0.1) is 0 Å². The Morgan fingerprint density at radius 1 is 1.38 bits per heavy atom. The molecule has 0 radical (unpaired) electrons. The highest BCUT2D eigenvalue weighted by Crippen LogP contribution is 2.28. The van der Waals surface area contributed by atoms with Gasteiger partial charge in [-0.05, 0) is 20.0 Å². The summed E-state index contributed by atoms with van der Waals surface area (Å²) in [6.45, 7) is 1.82. The highest BCUT2D eigenvalue weighted by Gasteiger charge is 2.18. The molecule has 2 unspecified atom stereocenters. The van der Waals surface area contributed by atoms with Gasteiger partial charge in [-0.15, -0.1) is 0 Å². The number of rotatable bonds is 3. The first-order valence-corrected chi connectivity index (χ1v) is 5.02. The second kappa shape index (κ2) is 4.72. The standard InChI is InChI=1S/C10H13BrFN/c1-7(13-2)10(12)8-5-3-4-6-9(8)11/h3-7,10,13H,1-2H3. The van der Waals surface area contributed by atoms with E-state index in [1.165, 1.54) is 0 Å². The molecule has 0 aliphatic carbocycles. The zero-order valence-electron chi connectivity index (χ0n) is 7.72. The second-order valence-electron chi connectivity index (χ2n) is 3.00. The minimum Gasteiger partial charge on any atom is -0.314 e. The second-order valence-corrected chi connectivity index (χ2v) is 3.85. The average molecular weight is 246 g/mol. The first kappa shape index (κ1) is 10.7. The van der Waals surface area contributed by atoms with E-state index >= 15 is 0 Å². The Morgan fingerprint density at radius 2 is 2.00 bits per heavy atom. The van der Waals surface area contributed by atoms with Gasteiger partial charge in [-0.3, -0.25) is 0 Å². The van der Waals surface area contributed by atoms with Crippen molar-refractivity contribution in [2.75, 3.05) is 7.05 Å². The van der Waals surface area contributed by atoms with Crippen molar-refractivity contribution in [1.29, 1.82) is 0 Å². The summed E-state index contributed by atoms with van der Waals surface area (Å²) in [5.74, 6) is 0. The summed E-state index contributed by atoms with van der Waals surface area (Å²) in [5, 5.41) is 2.89. The van der Waals surface area contributed by atoms with Gasteiger partial charge >= 0.3 is 0 Å². The molecule has 1 nitrogen and oxygen atoms in total. The fourth-order valence-corrected chi connectivity index (χ4v) is 1.62. The number of nitrogens with one attached hydrogen (secondary N) is 1.